The molecule has 152 valence electrons. The number of carbonyl (C=O) groups is 1. The van der Waals surface area contributed by atoms with E-state index in [0.717, 1.165) is 11.1 Å². The molecular weight excluding hydrogens is 388 g/mol. The zero-order valence-electron chi connectivity index (χ0n) is 16.4. The van der Waals surface area contributed by atoms with Gasteiger partial charge in [0.05, 0.1) is 10.6 Å². The minimum absolute atomic E-state index is 0.248. The Balaban J connectivity index is 1.63. The van der Waals surface area contributed by atoms with Gasteiger partial charge in [-0.1, -0.05) is 56.3 Å². The van der Waals surface area contributed by atoms with Gasteiger partial charge in [-0.2, -0.15) is 9.40 Å². The zero-order valence-corrected chi connectivity index (χ0v) is 17.2. The van der Waals surface area contributed by atoms with Crippen LogP contribution in [0.4, 0.5) is 0 Å². The Bertz CT molecular complexity index is 1060. The van der Waals surface area contributed by atoms with Gasteiger partial charge in [-0.3, -0.25) is 9.89 Å². The molecule has 0 spiro atoms. The summed E-state index contributed by atoms with van der Waals surface area (Å²) in [5, 5.41) is 9.74. The van der Waals surface area contributed by atoms with Crippen molar-refractivity contribution < 1.29 is 13.2 Å². The summed E-state index contributed by atoms with van der Waals surface area (Å²) < 4.78 is 26.5. The van der Waals surface area contributed by atoms with Crippen molar-refractivity contribution in [2.24, 2.45) is 0 Å². The van der Waals surface area contributed by atoms with E-state index >= 15 is 0 Å². The molecule has 0 atom stereocenters. The maximum atomic E-state index is 12.5. The van der Waals surface area contributed by atoms with E-state index in [1.165, 1.54) is 4.31 Å². The van der Waals surface area contributed by atoms with E-state index in [9.17, 15) is 13.2 Å². The number of sulfonamides is 1. The van der Waals surface area contributed by atoms with Gasteiger partial charge in [0.2, 0.25) is 10.0 Å². The second kappa shape index (κ2) is 9.02. The van der Waals surface area contributed by atoms with E-state index in [2.05, 4.69) is 15.5 Å². The molecule has 0 radical (unpaired) electrons. The number of nitrogens with one attached hydrogen (secondary N) is 2. The number of H-pyrrole nitrogens is 1. The third-order valence-corrected chi connectivity index (χ3v) is 6.68. The summed E-state index contributed by atoms with van der Waals surface area (Å²) in [5.74, 6) is -0.278. The first-order valence-corrected chi connectivity index (χ1v) is 10.9. The Kier molecular flexibility index (Phi) is 6.46. The number of aromatic amines is 1. The fraction of sp³-hybridized carbons (Fsp3) is 0.238. The second-order valence-electron chi connectivity index (χ2n) is 6.45. The third-order valence-electron chi connectivity index (χ3n) is 4.61. The summed E-state index contributed by atoms with van der Waals surface area (Å²) in [6.45, 7) is 4.74. The second-order valence-corrected chi connectivity index (χ2v) is 8.39. The molecule has 8 heteroatoms. The van der Waals surface area contributed by atoms with Crippen molar-refractivity contribution in [2.75, 3.05) is 13.1 Å². The van der Waals surface area contributed by atoms with Crippen molar-refractivity contribution in [1.29, 1.82) is 0 Å². The van der Waals surface area contributed by atoms with E-state index < -0.39 is 10.0 Å². The minimum Gasteiger partial charge on any atom is -0.347 e. The van der Waals surface area contributed by atoms with Crippen molar-refractivity contribution in [3.8, 4) is 11.3 Å². The van der Waals surface area contributed by atoms with Crippen LogP contribution < -0.4 is 5.32 Å². The van der Waals surface area contributed by atoms with Crippen LogP contribution in [0.25, 0.3) is 11.3 Å². The third kappa shape index (κ3) is 4.72. The molecule has 0 saturated carbocycles. The Labute approximate surface area is 170 Å². The predicted octanol–water partition coefficient (Wildman–Crippen LogP) is 3.04. The molecule has 1 aromatic heterocycles. The summed E-state index contributed by atoms with van der Waals surface area (Å²) in [5.41, 5.74) is 2.79. The Hall–Kier alpha value is -2.97. The van der Waals surface area contributed by atoms with Crippen LogP contribution in [0.5, 0.6) is 0 Å². The summed E-state index contributed by atoms with van der Waals surface area (Å²) in [7, 11) is -3.48. The highest BCUT2D eigenvalue weighted by atomic mass is 32.2. The maximum Gasteiger partial charge on any atom is 0.269 e. The monoisotopic (exact) mass is 412 g/mol. The summed E-state index contributed by atoms with van der Waals surface area (Å²) in [4.78, 5) is 12.6. The van der Waals surface area contributed by atoms with Crippen molar-refractivity contribution in [3.05, 3.63) is 71.9 Å². The van der Waals surface area contributed by atoms with Gasteiger partial charge in [-0.15, -0.1) is 0 Å². The first kappa shape index (κ1) is 20.8. The van der Waals surface area contributed by atoms with Crippen molar-refractivity contribution in [2.45, 2.75) is 25.3 Å². The van der Waals surface area contributed by atoms with Crippen LogP contribution in [0.3, 0.4) is 0 Å². The lowest BCUT2D eigenvalue weighted by Crippen LogP contribution is -2.30. The number of amides is 1. The van der Waals surface area contributed by atoms with Gasteiger partial charge in [0, 0.05) is 25.2 Å². The first-order chi connectivity index (χ1) is 14.0. The Morgan fingerprint density at radius 3 is 2.31 bits per heavy atom. The quantitative estimate of drug-likeness (QED) is 0.594. The van der Waals surface area contributed by atoms with Crippen LogP contribution in [0.1, 0.15) is 29.9 Å². The molecule has 3 aromatic rings. The fourth-order valence-corrected chi connectivity index (χ4v) is 4.42. The number of aromatic nitrogens is 2. The molecule has 1 amide bonds. The zero-order chi connectivity index (χ0) is 20.9. The minimum atomic E-state index is -3.48. The molecule has 0 saturated heterocycles. The van der Waals surface area contributed by atoms with Gasteiger partial charge >= 0.3 is 0 Å². The maximum absolute atomic E-state index is 12.5. The lowest BCUT2D eigenvalue weighted by molar-refractivity contribution is 0.0946. The van der Waals surface area contributed by atoms with Gasteiger partial charge < -0.3 is 5.32 Å². The summed E-state index contributed by atoms with van der Waals surface area (Å²) in [6, 6.07) is 17.8. The molecular formula is C21H24N4O3S. The number of rotatable bonds is 8. The average Bonchev–Trinajstić information content (AvgIpc) is 3.24. The van der Waals surface area contributed by atoms with Crippen molar-refractivity contribution in [1.82, 2.24) is 19.8 Å². The van der Waals surface area contributed by atoms with Crippen LogP contribution in [-0.4, -0.2) is 41.9 Å². The number of carbonyl (C=O) groups excluding carboxylic acids is 1. The molecule has 0 bridgehead atoms. The average molecular weight is 413 g/mol. The fourth-order valence-electron chi connectivity index (χ4n) is 2.96. The van der Waals surface area contributed by atoms with Gasteiger partial charge in [-0.25, -0.2) is 8.42 Å². The molecule has 2 N–H and O–H groups in total. The summed E-state index contributed by atoms with van der Waals surface area (Å²) in [6.07, 6.45) is 0. The van der Waals surface area contributed by atoms with E-state index in [-0.39, 0.29) is 17.3 Å². The standard InChI is InChI=1S/C21H24N4O3S/c1-3-25(4-2)29(27,28)18-12-10-16(11-13-18)15-22-21(26)20-14-19(23-24-20)17-8-6-5-7-9-17/h5-14H,3-4,15H2,1-2H3,(H,22,26)(H,23,24). The van der Waals surface area contributed by atoms with Crippen LogP contribution in [0.15, 0.2) is 65.6 Å². The lowest BCUT2D eigenvalue weighted by Gasteiger charge is -2.18. The Morgan fingerprint density at radius 2 is 1.69 bits per heavy atom. The molecule has 0 unspecified atom stereocenters. The molecule has 0 aliphatic carbocycles. The summed E-state index contributed by atoms with van der Waals surface area (Å²) >= 11 is 0. The normalized spacial score (nSPS) is 11.6. The van der Waals surface area contributed by atoms with Crippen LogP contribution in [-0.2, 0) is 16.6 Å². The van der Waals surface area contributed by atoms with Crippen molar-refractivity contribution in [3.63, 3.8) is 0 Å². The highest BCUT2D eigenvalue weighted by Gasteiger charge is 2.21. The smallest absolute Gasteiger partial charge is 0.269 e. The lowest BCUT2D eigenvalue weighted by atomic mass is 10.1. The molecule has 0 aliphatic rings. The highest BCUT2D eigenvalue weighted by molar-refractivity contribution is 7.89. The van der Waals surface area contributed by atoms with Gasteiger partial charge in [0.25, 0.3) is 5.91 Å². The van der Waals surface area contributed by atoms with Gasteiger partial charge in [0.1, 0.15) is 5.69 Å². The molecule has 3 rings (SSSR count). The van der Waals surface area contributed by atoms with Crippen LogP contribution in [0.2, 0.25) is 0 Å². The van der Waals surface area contributed by atoms with Gasteiger partial charge in [0.15, 0.2) is 0 Å². The number of nitrogens with zero attached hydrogens (tertiary/aromatic N) is 2. The molecule has 0 aliphatic heterocycles. The molecule has 29 heavy (non-hydrogen) atoms. The highest BCUT2D eigenvalue weighted by Crippen LogP contribution is 2.18. The first-order valence-electron chi connectivity index (χ1n) is 9.43. The topological polar surface area (TPSA) is 95.2 Å². The SMILES string of the molecule is CCN(CC)S(=O)(=O)c1ccc(CNC(=O)c2cc(-c3ccccc3)n[nH]2)cc1. The van der Waals surface area contributed by atoms with E-state index in [1.807, 2.05) is 44.2 Å². The number of hydrogen-bond acceptors (Lipinski definition) is 4. The molecule has 2 aromatic carbocycles. The predicted molar refractivity (Wildman–Crippen MR) is 112 cm³/mol. The van der Waals surface area contributed by atoms with E-state index in [1.54, 1.807) is 30.3 Å². The number of hydrogen-bond donors (Lipinski definition) is 2. The van der Waals surface area contributed by atoms with E-state index in [4.69, 9.17) is 0 Å². The van der Waals surface area contributed by atoms with E-state index in [0.29, 0.717) is 24.5 Å². The Morgan fingerprint density at radius 1 is 1.03 bits per heavy atom. The van der Waals surface area contributed by atoms with Gasteiger partial charge in [-0.05, 0) is 23.8 Å². The molecule has 7 nitrogen and oxygen atoms in total. The van der Waals surface area contributed by atoms with Crippen LogP contribution >= 0.6 is 0 Å². The number of benzene rings is 2. The molecule has 1 heterocycles. The largest absolute Gasteiger partial charge is 0.347 e. The molecule has 0 fully saturated rings. The van der Waals surface area contributed by atoms with Crippen molar-refractivity contribution >= 4 is 15.9 Å². The van der Waals surface area contributed by atoms with Crippen LogP contribution in [0, 0.1) is 0 Å².